The van der Waals surface area contributed by atoms with E-state index in [4.69, 9.17) is 0 Å². The zero-order valence-corrected chi connectivity index (χ0v) is 21.6. The summed E-state index contributed by atoms with van der Waals surface area (Å²) >= 11 is 2.27. The maximum atomic E-state index is 13.0. The fourth-order valence-corrected chi connectivity index (χ4v) is 7.10. The highest BCUT2D eigenvalue weighted by Gasteiger charge is 2.29. The lowest BCUT2D eigenvalue weighted by atomic mass is 9.82. The second-order valence-electron chi connectivity index (χ2n) is 8.38. The number of pyridine rings is 1. The van der Waals surface area contributed by atoms with E-state index in [0.717, 1.165) is 36.9 Å². The van der Waals surface area contributed by atoms with Gasteiger partial charge in [0.1, 0.15) is 4.90 Å². The summed E-state index contributed by atoms with van der Waals surface area (Å²) in [5.74, 6) is 0.413. The first-order valence-corrected chi connectivity index (χ1v) is 15.7. The third kappa shape index (κ3) is 4.98. The summed E-state index contributed by atoms with van der Waals surface area (Å²) in [5.41, 5.74) is 3.38. The normalized spacial score (nSPS) is 19.2. The van der Waals surface area contributed by atoms with Gasteiger partial charge in [-0.2, -0.15) is 5.10 Å². The van der Waals surface area contributed by atoms with Crippen molar-refractivity contribution in [2.75, 3.05) is 0 Å². The number of aromatic nitrogens is 4. The molecule has 0 atom stereocenters. The standard InChI is InChI=1S/C23H24IN5O2S2/c24-32-29-16-22(21-7-4-12-25-23(21)29)18-8-10-19(11-9-18)27-33(30,31)20-13-26-28(15-20)14-17-5-2-1-3-6-17/h1-7,12-13,15-16,18-19,27H,8-11,14H2. The molecular formula is C23H24IN5O2S2. The van der Waals surface area contributed by atoms with E-state index in [-0.39, 0.29) is 10.9 Å². The third-order valence-corrected chi connectivity index (χ3v) is 9.41. The quantitative estimate of drug-likeness (QED) is 0.301. The van der Waals surface area contributed by atoms with Gasteiger partial charge in [-0.15, -0.1) is 0 Å². The van der Waals surface area contributed by atoms with Crippen LogP contribution in [-0.4, -0.2) is 33.2 Å². The van der Waals surface area contributed by atoms with Gasteiger partial charge in [-0.1, -0.05) is 30.3 Å². The zero-order valence-electron chi connectivity index (χ0n) is 17.8. The Morgan fingerprint density at radius 3 is 2.61 bits per heavy atom. The van der Waals surface area contributed by atoms with Crippen LogP contribution in [0.15, 0.2) is 72.1 Å². The number of sulfonamides is 1. The lowest BCUT2D eigenvalue weighted by molar-refractivity contribution is 0.375. The number of benzene rings is 1. The molecule has 1 aromatic carbocycles. The highest BCUT2D eigenvalue weighted by Crippen LogP contribution is 2.39. The molecule has 0 saturated heterocycles. The molecule has 3 heterocycles. The molecule has 1 N–H and O–H groups in total. The van der Waals surface area contributed by atoms with Gasteiger partial charge in [0.2, 0.25) is 10.0 Å². The van der Waals surface area contributed by atoms with Gasteiger partial charge in [-0.25, -0.2) is 18.1 Å². The van der Waals surface area contributed by atoms with Crippen molar-refractivity contribution in [3.05, 3.63) is 78.4 Å². The van der Waals surface area contributed by atoms with Gasteiger partial charge in [0.15, 0.2) is 5.65 Å². The van der Waals surface area contributed by atoms with Crippen molar-refractivity contribution in [1.82, 2.24) is 23.5 Å². The summed E-state index contributed by atoms with van der Waals surface area (Å²) in [6.45, 7) is 0.541. The van der Waals surface area contributed by atoms with Crippen molar-refractivity contribution in [2.24, 2.45) is 0 Å². The monoisotopic (exact) mass is 593 g/mol. The summed E-state index contributed by atoms with van der Waals surface area (Å²) in [7, 11) is -1.98. The Morgan fingerprint density at radius 1 is 1.06 bits per heavy atom. The third-order valence-electron chi connectivity index (χ3n) is 6.23. The number of fused-ring (bicyclic) bond motifs is 1. The van der Waals surface area contributed by atoms with E-state index in [2.05, 4.69) is 52.2 Å². The fourth-order valence-electron chi connectivity index (χ4n) is 4.58. The van der Waals surface area contributed by atoms with Crippen molar-refractivity contribution in [3.63, 3.8) is 0 Å². The lowest BCUT2D eigenvalue weighted by Crippen LogP contribution is -2.37. The summed E-state index contributed by atoms with van der Waals surface area (Å²) in [6.07, 6.45) is 10.6. The van der Waals surface area contributed by atoms with Crippen LogP contribution in [0.25, 0.3) is 11.0 Å². The molecule has 172 valence electrons. The Kier molecular flexibility index (Phi) is 6.77. The molecule has 33 heavy (non-hydrogen) atoms. The molecule has 1 aliphatic carbocycles. The predicted octanol–water partition coefficient (Wildman–Crippen LogP) is 5.13. The topological polar surface area (TPSA) is 81.8 Å². The van der Waals surface area contributed by atoms with Crippen LogP contribution in [0.2, 0.25) is 0 Å². The Balaban J connectivity index is 1.23. The second-order valence-corrected chi connectivity index (χ2v) is 11.8. The molecule has 10 heteroatoms. The smallest absolute Gasteiger partial charge is 0.243 e. The molecule has 3 aromatic heterocycles. The number of nitrogens with zero attached hydrogens (tertiary/aromatic N) is 4. The van der Waals surface area contributed by atoms with Crippen LogP contribution in [0.3, 0.4) is 0 Å². The molecule has 0 bridgehead atoms. The number of hydrogen-bond donors (Lipinski definition) is 1. The summed E-state index contributed by atoms with van der Waals surface area (Å²) in [6, 6.07) is 13.9. The van der Waals surface area contributed by atoms with Gasteiger partial charge in [0.05, 0.1) is 12.7 Å². The van der Waals surface area contributed by atoms with Crippen LogP contribution in [0.4, 0.5) is 0 Å². The SMILES string of the molecule is O=S(=O)(NC1CCC(c2cn(SI)c3ncccc23)CC1)c1cnn(Cc2ccccc2)c1. The highest BCUT2D eigenvalue weighted by atomic mass is 127. The summed E-state index contributed by atoms with van der Waals surface area (Å²) < 4.78 is 32.6. The number of hydrogen-bond acceptors (Lipinski definition) is 5. The molecule has 1 aliphatic rings. The maximum Gasteiger partial charge on any atom is 0.243 e. The van der Waals surface area contributed by atoms with Gasteiger partial charge in [0, 0.05) is 60.3 Å². The van der Waals surface area contributed by atoms with Crippen LogP contribution in [0.1, 0.15) is 42.7 Å². The zero-order chi connectivity index (χ0) is 22.8. The van der Waals surface area contributed by atoms with Crippen molar-refractivity contribution < 1.29 is 8.42 Å². The van der Waals surface area contributed by atoms with Crippen molar-refractivity contribution in [2.45, 2.75) is 49.1 Å². The van der Waals surface area contributed by atoms with Gasteiger partial charge < -0.3 is 0 Å². The van der Waals surface area contributed by atoms with Gasteiger partial charge in [-0.3, -0.25) is 8.65 Å². The Bertz CT molecular complexity index is 1350. The molecule has 0 amide bonds. The first-order valence-electron chi connectivity index (χ1n) is 10.9. The number of nitrogens with one attached hydrogen (secondary N) is 1. The minimum absolute atomic E-state index is 0.0610. The van der Waals surface area contributed by atoms with E-state index in [1.165, 1.54) is 17.1 Å². The van der Waals surface area contributed by atoms with Crippen molar-refractivity contribution in [3.8, 4) is 0 Å². The molecular weight excluding hydrogens is 569 g/mol. The van der Waals surface area contributed by atoms with E-state index < -0.39 is 10.0 Å². The molecule has 1 saturated carbocycles. The summed E-state index contributed by atoms with van der Waals surface area (Å²) in [4.78, 5) is 4.75. The maximum absolute atomic E-state index is 13.0. The average molecular weight is 594 g/mol. The fraction of sp³-hybridized carbons (Fsp3) is 0.304. The Hall–Kier alpha value is -1.89. The molecule has 0 unspecified atom stereocenters. The minimum atomic E-state index is -3.60. The van der Waals surface area contributed by atoms with E-state index in [0.29, 0.717) is 12.5 Å². The minimum Gasteiger partial charge on any atom is -0.267 e. The molecule has 0 aliphatic heterocycles. The second kappa shape index (κ2) is 9.77. The van der Waals surface area contributed by atoms with E-state index in [9.17, 15) is 8.42 Å². The number of halogens is 1. The Labute approximate surface area is 209 Å². The lowest BCUT2D eigenvalue weighted by Gasteiger charge is -2.28. The van der Waals surface area contributed by atoms with Crippen molar-refractivity contribution in [1.29, 1.82) is 0 Å². The highest BCUT2D eigenvalue weighted by molar-refractivity contribution is 14.2. The molecule has 1 fully saturated rings. The molecule has 7 nitrogen and oxygen atoms in total. The van der Waals surface area contributed by atoms with E-state index >= 15 is 0 Å². The van der Waals surface area contributed by atoms with Gasteiger partial charge >= 0.3 is 0 Å². The van der Waals surface area contributed by atoms with Crippen LogP contribution in [-0.2, 0) is 16.6 Å². The molecule has 5 rings (SSSR count). The summed E-state index contributed by atoms with van der Waals surface area (Å²) in [5, 5.41) is 5.44. The van der Waals surface area contributed by atoms with Crippen molar-refractivity contribution >= 4 is 51.4 Å². The van der Waals surface area contributed by atoms with Gasteiger partial charge in [0.25, 0.3) is 0 Å². The van der Waals surface area contributed by atoms with Crippen LogP contribution in [0.5, 0.6) is 0 Å². The first-order chi connectivity index (χ1) is 16.0. The first kappa shape index (κ1) is 22.9. The van der Waals surface area contributed by atoms with E-state index in [1.807, 2.05) is 42.6 Å². The van der Waals surface area contributed by atoms with Crippen LogP contribution in [0, 0.1) is 0 Å². The number of rotatable bonds is 7. The van der Waals surface area contributed by atoms with Crippen LogP contribution < -0.4 is 4.72 Å². The average Bonchev–Trinajstić information content (AvgIpc) is 3.45. The predicted molar refractivity (Wildman–Crippen MR) is 140 cm³/mol. The molecule has 0 spiro atoms. The van der Waals surface area contributed by atoms with E-state index in [1.54, 1.807) is 20.0 Å². The Morgan fingerprint density at radius 2 is 1.85 bits per heavy atom. The van der Waals surface area contributed by atoms with Crippen LogP contribution >= 0.6 is 30.3 Å². The largest absolute Gasteiger partial charge is 0.267 e. The molecule has 4 aromatic rings. The van der Waals surface area contributed by atoms with Gasteiger partial charge in [-0.05, 0) is 54.9 Å². The molecule has 0 radical (unpaired) electrons.